The molecule has 2 aliphatic heterocycles. The van der Waals surface area contributed by atoms with Gasteiger partial charge >= 0.3 is 0 Å². The zero-order valence-corrected chi connectivity index (χ0v) is 23.5. The molecule has 0 bridgehead atoms. The highest BCUT2D eigenvalue weighted by Crippen LogP contribution is 2.49. The van der Waals surface area contributed by atoms with Crippen LogP contribution >= 0.6 is 15.9 Å². The predicted octanol–water partition coefficient (Wildman–Crippen LogP) is 7.75. The Balaban J connectivity index is 1.51. The first-order valence-electron chi connectivity index (χ1n) is 13.0. The Bertz CT molecular complexity index is 1790. The van der Waals surface area contributed by atoms with Crippen molar-refractivity contribution in [3.05, 3.63) is 124 Å². The summed E-state index contributed by atoms with van der Waals surface area (Å²) in [5, 5.41) is 8.54. The number of nitrogens with zero attached hydrogens (tertiary/aromatic N) is 5. The van der Waals surface area contributed by atoms with Crippen molar-refractivity contribution in [2.45, 2.75) is 13.0 Å². The van der Waals surface area contributed by atoms with Crippen LogP contribution in [0.5, 0.6) is 5.75 Å². The Labute approximate surface area is 240 Å². The average molecular weight is 589 g/mol. The molecule has 3 heterocycles. The van der Waals surface area contributed by atoms with E-state index in [9.17, 15) is 0 Å². The van der Waals surface area contributed by atoms with E-state index < -0.39 is 0 Å². The number of aliphatic imine (C=N–C) groups is 2. The summed E-state index contributed by atoms with van der Waals surface area (Å²) in [5.74, 6) is 2.94. The molecule has 0 saturated heterocycles. The van der Waals surface area contributed by atoms with Crippen LogP contribution < -0.4 is 15.0 Å². The number of nitrogens with one attached hydrogen (secondary N) is 1. The van der Waals surface area contributed by atoms with E-state index in [0.717, 1.165) is 55.6 Å². The number of halogens is 1. The molecule has 0 unspecified atom stereocenters. The number of hydrogen-bond acceptors (Lipinski definition) is 6. The van der Waals surface area contributed by atoms with Gasteiger partial charge in [-0.3, -0.25) is 0 Å². The van der Waals surface area contributed by atoms with Crippen molar-refractivity contribution in [3.8, 4) is 11.4 Å². The molecular weight excluding hydrogens is 564 g/mol. The number of ether oxygens (including phenoxy) is 1. The van der Waals surface area contributed by atoms with Crippen LogP contribution in [-0.2, 0) is 0 Å². The van der Waals surface area contributed by atoms with Crippen molar-refractivity contribution in [1.29, 1.82) is 0 Å². The molecule has 1 aromatic heterocycles. The van der Waals surface area contributed by atoms with Crippen LogP contribution in [0.15, 0.2) is 118 Å². The molecule has 40 heavy (non-hydrogen) atoms. The van der Waals surface area contributed by atoms with E-state index in [1.165, 1.54) is 0 Å². The number of fused-ring (bicyclic) bond motifs is 4. The number of aryl methyl sites for hydroxylation is 1. The van der Waals surface area contributed by atoms with E-state index in [-0.39, 0.29) is 6.04 Å². The van der Waals surface area contributed by atoms with Crippen LogP contribution in [0.3, 0.4) is 0 Å². The van der Waals surface area contributed by atoms with Gasteiger partial charge in [-0.05, 0) is 61.5 Å². The van der Waals surface area contributed by atoms with Crippen molar-refractivity contribution in [3.63, 3.8) is 0 Å². The lowest BCUT2D eigenvalue weighted by Gasteiger charge is -2.41. The molecule has 0 amide bonds. The van der Waals surface area contributed by atoms with Gasteiger partial charge in [0.1, 0.15) is 5.75 Å². The first-order chi connectivity index (χ1) is 19.6. The van der Waals surface area contributed by atoms with E-state index in [2.05, 4.69) is 38.3 Å². The molecule has 4 aromatic carbocycles. The second kappa shape index (κ2) is 9.81. The summed E-state index contributed by atoms with van der Waals surface area (Å²) in [4.78, 5) is 12.6. The maximum absolute atomic E-state index is 5.90. The molecular formula is C32H25BrN6O. The maximum atomic E-state index is 5.90. The summed E-state index contributed by atoms with van der Waals surface area (Å²) in [6, 6.07) is 34.2. The number of methoxy groups -OCH3 is 1. The molecule has 0 fully saturated rings. The minimum Gasteiger partial charge on any atom is -0.496 e. The lowest BCUT2D eigenvalue weighted by Crippen LogP contribution is -2.46. The number of rotatable bonds is 4. The molecule has 7 nitrogen and oxygen atoms in total. The van der Waals surface area contributed by atoms with Crippen molar-refractivity contribution in [2.75, 3.05) is 17.3 Å². The first-order valence-corrected chi connectivity index (χ1v) is 13.8. The molecule has 1 N–H and O–H groups in total. The lowest BCUT2D eigenvalue weighted by atomic mass is 9.92. The van der Waals surface area contributed by atoms with Crippen LogP contribution in [0, 0.1) is 6.92 Å². The number of amidine groups is 2. The molecule has 196 valence electrons. The van der Waals surface area contributed by atoms with E-state index in [4.69, 9.17) is 19.8 Å². The average Bonchev–Trinajstić information content (AvgIpc) is 3.33. The fraction of sp³-hybridized carbons (Fsp3) is 0.0938. The topological polar surface area (TPSA) is 67.0 Å². The normalized spacial score (nSPS) is 15.4. The largest absolute Gasteiger partial charge is 0.496 e. The fourth-order valence-electron chi connectivity index (χ4n) is 5.40. The van der Waals surface area contributed by atoms with Gasteiger partial charge in [0.2, 0.25) is 0 Å². The number of benzene rings is 4. The number of anilines is 2. The molecule has 0 saturated carbocycles. The van der Waals surface area contributed by atoms with E-state index in [1.54, 1.807) is 7.11 Å². The molecule has 5 aromatic rings. The first kappa shape index (κ1) is 24.4. The smallest absolute Gasteiger partial charge is 0.179 e. The third-order valence-electron chi connectivity index (χ3n) is 7.18. The third-order valence-corrected chi connectivity index (χ3v) is 7.71. The number of para-hydroxylation sites is 4. The van der Waals surface area contributed by atoms with Gasteiger partial charge < -0.3 is 15.0 Å². The van der Waals surface area contributed by atoms with Crippen molar-refractivity contribution in [1.82, 2.24) is 9.78 Å². The predicted molar refractivity (Wildman–Crippen MR) is 164 cm³/mol. The second-order valence-electron chi connectivity index (χ2n) is 9.60. The summed E-state index contributed by atoms with van der Waals surface area (Å²) < 4.78 is 8.84. The standard InChI is InChI=1S/C32H25BrN6O/c1-20-28-29(24-12-6-9-15-27(24)40-2)38-26-14-8-7-13-25(26)35-30(34-22-18-16-21(33)17-19-22)32(38)36-31(28)39(37-20)23-10-4-3-5-11-23/h3-19,29H,1-2H3,(H,34,35)/t29-/m1/s1. The monoisotopic (exact) mass is 588 g/mol. The zero-order chi connectivity index (χ0) is 27.2. The Morgan fingerprint density at radius 2 is 1.55 bits per heavy atom. The molecule has 0 aliphatic carbocycles. The Morgan fingerprint density at radius 1 is 0.825 bits per heavy atom. The van der Waals surface area contributed by atoms with E-state index in [1.807, 2.05) is 103 Å². The van der Waals surface area contributed by atoms with Crippen LogP contribution in [0.2, 0.25) is 0 Å². The maximum Gasteiger partial charge on any atom is 0.179 e. The van der Waals surface area contributed by atoms with Crippen LogP contribution in [0.1, 0.15) is 22.9 Å². The number of aromatic nitrogens is 2. The minimum absolute atomic E-state index is 0.255. The fourth-order valence-corrected chi connectivity index (χ4v) is 5.67. The van der Waals surface area contributed by atoms with Gasteiger partial charge in [-0.25, -0.2) is 14.7 Å². The molecule has 2 aliphatic rings. The van der Waals surface area contributed by atoms with E-state index >= 15 is 0 Å². The molecule has 7 rings (SSSR count). The third kappa shape index (κ3) is 3.99. The highest BCUT2D eigenvalue weighted by atomic mass is 79.9. The molecule has 8 heteroatoms. The Morgan fingerprint density at radius 3 is 2.35 bits per heavy atom. The summed E-state index contributed by atoms with van der Waals surface area (Å²) in [7, 11) is 1.71. The summed E-state index contributed by atoms with van der Waals surface area (Å²) in [6.45, 7) is 2.05. The SMILES string of the molecule is COc1ccccc1[C@@H]1c2c(C)nn(-c3ccccc3)c2N=C2C(Nc3ccc(Br)cc3)=Nc3ccccc3N21. The molecule has 0 spiro atoms. The van der Waals surface area contributed by atoms with Crippen LogP contribution in [0.4, 0.5) is 22.9 Å². The molecule has 0 radical (unpaired) electrons. The summed E-state index contributed by atoms with van der Waals surface area (Å²) >= 11 is 3.53. The lowest BCUT2D eigenvalue weighted by molar-refractivity contribution is 0.407. The van der Waals surface area contributed by atoms with Gasteiger partial charge in [0, 0.05) is 21.3 Å². The second-order valence-corrected chi connectivity index (χ2v) is 10.5. The van der Waals surface area contributed by atoms with Gasteiger partial charge in [0.05, 0.1) is 35.9 Å². The molecule has 1 atom stereocenters. The van der Waals surface area contributed by atoms with Gasteiger partial charge in [-0.15, -0.1) is 0 Å². The summed E-state index contributed by atoms with van der Waals surface area (Å²) in [5.41, 5.74) is 6.63. The van der Waals surface area contributed by atoms with Gasteiger partial charge in [-0.1, -0.05) is 64.5 Å². The van der Waals surface area contributed by atoms with E-state index in [0.29, 0.717) is 11.7 Å². The highest BCUT2D eigenvalue weighted by molar-refractivity contribution is 9.10. The zero-order valence-electron chi connectivity index (χ0n) is 21.9. The van der Waals surface area contributed by atoms with Crippen molar-refractivity contribution in [2.24, 2.45) is 9.98 Å². The quantitative estimate of drug-likeness (QED) is 0.233. The Kier molecular flexibility index (Phi) is 5.97. The highest BCUT2D eigenvalue weighted by Gasteiger charge is 2.42. The van der Waals surface area contributed by atoms with Gasteiger partial charge in [-0.2, -0.15) is 5.10 Å². The van der Waals surface area contributed by atoms with Crippen LogP contribution in [0.25, 0.3) is 5.69 Å². The minimum atomic E-state index is -0.255. The van der Waals surface area contributed by atoms with Crippen molar-refractivity contribution < 1.29 is 4.74 Å². The van der Waals surface area contributed by atoms with Crippen LogP contribution in [-0.4, -0.2) is 28.6 Å². The van der Waals surface area contributed by atoms with Gasteiger partial charge in [0.25, 0.3) is 0 Å². The summed E-state index contributed by atoms with van der Waals surface area (Å²) in [6.07, 6.45) is 0. The van der Waals surface area contributed by atoms with Crippen molar-refractivity contribution >= 4 is 50.5 Å². The van der Waals surface area contributed by atoms with Gasteiger partial charge in [0.15, 0.2) is 17.5 Å². The Hall–Kier alpha value is -4.69. The number of hydrogen-bond donors (Lipinski definition) is 1.